The third-order valence-corrected chi connectivity index (χ3v) is 7.09. The fourth-order valence-corrected chi connectivity index (χ4v) is 5.15. The van der Waals surface area contributed by atoms with Gasteiger partial charge in [0.25, 0.3) is 5.89 Å². The van der Waals surface area contributed by atoms with Gasteiger partial charge in [0.2, 0.25) is 5.82 Å². The summed E-state index contributed by atoms with van der Waals surface area (Å²) in [6, 6.07) is 13.4. The third-order valence-electron chi connectivity index (χ3n) is 7.09. The van der Waals surface area contributed by atoms with Crippen molar-refractivity contribution in [3.05, 3.63) is 71.5 Å². The largest absolute Gasteiger partial charge is 0.481 e. The second kappa shape index (κ2) is 11.2. The van der Waals surface area contributed by atoms with Crippen molar-refractivity contribution in [1.82, 2.24) is 24.8 Å². The molecule has 0 radical (unpaired) electrons. The Morgan fingerprint density at radius 3 is 2.62 bits per heavy atom. The lowest BCUT2D eigenvalue weighted by Gasteiger charge is -2.33. The van der Waals surface area contributed by atoms with Gasteiger partial charge in [0.15, 0.2) is 5.69 Å². The highest BCUT2D eigenvalue weighted by Gasteiger charge is 2.40. The van der Waals surface area contributed by atoms with Gasteiger partial charge in [-0.05, 0) is 49.4 Å². The fraction of sp³-hybridized carbons (Fsp3) is 0.357. The van der Waals surface area contributed by atoms with E-state index in [1.54, 1.807) is 55.5 Å². The zero-order valence-corrected chi connectivity index (χ0v) is 21.7. The molecule has 1 fully saturated rings. The zero-order chi connectivity index (χ0) is 28.4. The minimum Gasteiger partial charge on any atom is -0.481 e. The lowest BCUT2D eigenvalue weighted by Crippen LogP contribution is -2.38. The number of likely N-dealkylation sites (tertiary alicyclic amines) is 1. The van der Waals surface area contributed by atoms with Gasteiger partial charge in [-0.1, -0.05) is 47.6 Å². The molecular weight excluding hydrogens is 527 g/mol. The maximum Gasteiger partial charge on any atom is 0.434 e. The lowest BCUT2D eigenvalue weighted by molar-refractivity contribution is -0.142. The van der Waals surface area contributed by atoms with Gasteiger partial charge in [-0.3, -0.25) is 4.79 Å². The van der Waals surface area contributed by atoms with E-state index in [1.165, 1.54) is 0 Å². The molecule has 210 valence electrons. The average molecular weight is 556 g/mol. The summed E-state index contributed by atoms with van der Waals surface area (Å²) in [5, 5.41) is 27.7. The van der Waals surface area contributed by atoms with Crippen molar-refractivity contribution in [2.24, 2.45) is 5.92 Å². The van der Waals surface area contributed by atoms with Crippen molar-refractivity contribution < 1.29 is 32.7 Å². The van der Waals surface area contributed by atoms with Crippen molar-refractivity contribution in [2.45, 2.75) is 38.5 Å². The molecule has 0 spiro atoms. The highest BCUT2D eigenvalue weighted by molar-refractivity contribution is 5.67. The number of rotatable bonds is 8. The Kier molecular flexibility index (Phi) is 7.72. The Balaban J connectivity index is 1.33. The maximum atomic E-state index is 14.1. The van der Waals surface area contributed by atoms with Crippen LogP contribution in [0.4, 0.5) is 13.2 Å². The van der Waals surface area contributed by atoms with E-state index in [0.717, 1.165) is 30.3 Å². The van der Waals surface area contributed by atoms with E-state index < -0.39 is 23.9 Å². The molecule has 2 aromatic heterocycles. The summed E-state index contributed by atoms with van der Waals surface area (Å²) in [5.41, 5.74) is 0.716. The molecule has 0 aliphatic carbocycles. The van der Waals surface area contributed by atoms with Crippen molar-refractivity contribution in [2.75, 3.05) is 19.6 Å². The van der Waals surface area contributed by atoms with Crippen molar-refractivity contribution >= 4 is 5.97 Å². The summed E-state index contributed by atoms with van der Waals surface area (Å²) in [4.78, 5) is 17.3. The van der Waals surface area contributed by atoms with E-state index in [0.29, 0.717) is 29.8 Å². The molecule has 1 aliphatic heterocycles. The monoisotopic (exact) mass is 555 g/mol. The highest BCUT2D eigenvalue weighted by Crippen LogP contribution is 2.38. The van der Waals surface area contributed by atoms with Crippen molar-refractivity contribution in [1.29, 1.82) is 0 Å². The number of aliphatic carboxylic acids is 1. The lowest BCUT2D eigenvalue weighted by atomic mass is 9.94. The number of alkyl halides is 3. The maximum absolute atomic E-state index is 14.1. The number of carboxylic acids is 1. The van der Waals surface area contributed by atoms with Crippen LogP contribution in [0.3, 0.4) is 0 Å². The van der Waals surface area contributed by atoms with Gasteiger partial charge in [-0.15, -0.1) is 0 Å². The molecule has 1 saturated heterocycles. The molecule has 0 unspecified atom stereocenters. The van der Waals surface area contributed by atoms with E-state index in [2.05, 4.69) is 20.1 Å². The van der Waals surface area contributed by atoms with Gasteiger partial charge >= 0.3 is 12.1 Å². The van der Waals surface area contributed by atoms with Crippen LogP contribution in [0.2, 0.25) is 0 Å². The number of aliphatic hydroxyl groups is 1. The Labute approximate surface area is 227 Å². The smallest absolute Gasteiger partial charge is 0.434 e. The Hall–Kier alpha value is -4.03. The minimum absolute atomic E-state index is 0.0648. The highest BCUT2D eigenvalue weighted by atomic mass is 19.4. The SMILES string of the molecule is Cc1ccccc1-n1ncc(-c2nc(-c3ccc([C@H](O)CN4CCC[C@H](CC(=O)O)C4)cc3)no2)c1C(F)(F)F. The normalized spacial score (nSPS) is 17.2. The number of carboxylic acid groups (broad SMARTS) is 1. The number of benzene rings is 2. The number of aromatic nitrogens is 4. The molecule has 3 heterocycles. The van der Waals surface area contributed by atoms with Crippen LogP contribution in [0.1, 0.15) is 42.2 Å². The molecule has 4 aromatic rings. The van der Waals surface area contributed by atoms with Crippen molar-refractivity contribution in [3.8, 4) is 28.5 Å². The third kappa shape index (κ3) is 5.92. The Morgan fingerprint density at radius 2 is 1.93 bits per heavy atom. The second-order valence-corrected chi connectivity index (χ2v) is 10.0. The first-order chi connectivity index (χ1) is 19.1. The topological polar surface area (TPSA) is 118 Å². The molecule has 2 atom stereocenters. The summed E-state index contributed by atoms with van der Waals surface area (Å²) in [7, 11) is 0. The summed E-state index contributed by atoms with van der Waals surface area (Å²) in [5.74, 6) is -0.968. The van der Waals surface area contributed by atoms with E-state index in [-0.39, 0.29) is 35.3 Å². The molecule has 12 heteroatoms. The number of carbonyl (C=O) groups is 1. The number of nitrogens with zero attached hydrogens (tertiary/aromatic N) is 5. The number of β-amino-alcohol motifs (C(OH)–C–C–N with tert-alkyl or cyclic N) is 1. The van der Waals surface area contributed by atoms with E-state index in [1.807, 2.05) is 0 Å². The van der Waals surface area contributed by atoms with Crippen LogP contribution in [0.25, 0.3) is 28.5 Å². The predicted octanol–water partition coefficient (Wildman–Crippen LogP) is 5.14. The van der Waals surface area contributed by atoms with Gasteiger partial charge in [0, 0.05) is 25.1 Å². The van der Waals surface area contributed by atoms with Gasteiger partial charge in [0.05, 0.1) is 23.6 Å². The van der Waals surface area contributed by atoms with E-state index in [4.69, 9.17) is 9.63 Å². The first kappa shape index (κ1) is 27.5. The minimum atomic E-state index is -4.73. The molecule has 1 aliphatic rings. The molecule has 9 nitrogen and oxygen atoms in total. The average Bonchev–Trinajstić information content (AvgIpc) is 3.57. The predicted molar refractivity (Wildman–Crippen MR) is 138 cm³/mol. The number of hydrogen-bond donors (Lipinski definition) is 2. The molecule has 40 heavy (non-hydrogen) atoms. The first-order valence-corrected chi connectivity index (χ1v) is 12.9. The van der Waals surface area contributed by atoms with Crippen LogP contribution in [0, 0.1) is 12.8 Å². The van der Waals surface area contributed by atoms with Gasteiger partial charge in [-0.25, -0.2) is 4.68 Å². The number of aryl methyl sites for hydroxylation is 1. The molecule has 2 N–H and O–H groups in total. The van der Waals surface area contributed by atoms with Gasteiger partial charge in [0.1, 0.15) is 0 Å². The Morgan fingerprint density at radius 1 is 1.18 bits per heavy atom. The van der Waals surface area contributed by atoms with E-state index >= 15 is 0 Å². The van der Waals surface area contributed by atoms with Crippen LogP contribution < -0.4 is 0 Å². The summed E-state index contributed by atoms with van der Waals surface area (Å²) < 4.78 is 48.5. The number of halogens is 3. The molecule has 0 bridgehead atoms. The van der Waals surface area contributed by atoms with Gasteiger partial charge < -0.3 is 19.6 Å². The molecule has 5 rings (SSSR count). The quantitative estimate of drug-likeness (QED) is 0.307. The summed E-state index contributed by atoms with van der Waals surface area (Å²) in [6.45, 7) is 3.47. The van der Waals surface area contributed by atoms with Crippen molar-refractivity contribution in [3.63, 3.8) is 0 Å². The zero-order valence-electron chi connectivity index (χ0n) is 21.7. The van der Waals surface area contributed by atoms with Crippen LogP contribution in [0.15, 0.2) is 59.3 Å². The summed E-state index contributed by atoms with van der Waals surface area (Å²) in [6.07, 6.45) is -2.61. The fourth-order valence-electron chi connectivity index (χ4n) is 5.15. The van der Waals surface area contributed by atoms with Crippen LogP contribution in [-0.4, -0.2) is 60.6 Å². The number of piperidine rings is 1. The number of hydrogen-bond acceptors (Lipinski definition) is 7. The van der Waals surface area contributed by atoms with E-state index in [9.17, 15) is 23.1 Å². The molecule has 2 aromatic carbocycles. The first-order valence-electron chi connectivity index (χ1n) is 12.9. The Bertz CT molecular complexity index is 1480. The summed E-state index contributed by atoms with van der Waals surface area (Å²) >= 11 is 0. The molecular formula is C28H28F3N5O4. The molecule has 0 amide bonds. The van der Waals surface area contributed by atoms with Crippen LogP contribution >= 0.6 is 0 Å². The van der Waals surface area contributed by atoms with Crippen LogP contribution in [-0.2, 0) is 11.0 Å². The standard InChI is InChI=1S/C28H28F3N5O4/c1-17-5-2-3-7-22(17)36-25(28(29,30)31)21(14-32-36)27-33-26(34-40-27)20-10-8-19(9-11-20)23(37)16-35-12-4-6-18(15-35)13-24(38)39/h2-3,5,7-11,14,18,23,37H,4,6,12-13,15-16H2,1H3,(H,38,39)/t18-,23-/m1/s1. The number of aliphatic hydroxyl groups excluding tert-OH is 1. The van der Waals surface area contributed by atoms with Crippen LogP contribution in [0.5, 0.6) is 0 Å². The number of para-hydroxylation sites is 1. The second-order valence-electron chi connectivity index (χ2n) is 10.0. The molecule has 0 saturated carbocycles. The van der Waals surface area contributed by atoms with Gasteiger partial charge in [-0.2, -0.15) is 23.3 Å².